The Kier molecular flexibility index (Phi) is 5.21. The third-order valence-corrected chi connectivity index (χ3v) is 5.03. The number of hydrogen-bond donors (Lipinski definition) is 1. The summed E-state index contributed by atoms with van der Waals surface area (Å²) in [6.07, 6.45) is 0.665. The summed E-state index contributed by atoms with van der Waals surface area (Å²) >= 11 is 0.720. The Balaban J connectivity index is 1.38. The highest BCUT2D eigenvalue weighted by atomic mass is 32.2. The molecule has 1 aliphatic heterocycles. The molecule has 0 aliphatic carbocycles. The summed E-state index contributed by atoms with van der Waals surface area (Å²) in [5.74, 6) is 0.628. The van der Waals surface area contributed by atoms with Crippen LogP contribution in [0.4, 0.5) is 4.79 Å². The van der Waals surface area contributed by atoms with Crippen molar-refractivity contribution in [2.75, 3.05) is 0 Å². The van der Waals surface area contributed by atoms with E-state index in [9.17, 15) is 9.59 Å². The molecule has 3 aromatic rings. The lowest BCUT2D eigenvalue weighted by Crippen LogP contribution is -2.30. The second kappa shape index (κ2) is 7.93. The molecule has 144 valence electrons. The van der Waals surface area contributed by atoms with Gasteiger partial charge in [0.15, 0.2) is 5.58 Å². The molecule has 2 atom stereocenters. The van der Waals surface area contributed by atoms with Crippen LogP contribution in [0.1, 0.15) is 18.9 Å². The molecule has 1 amide bonds. The monoisotopic (exact) mass is 398 g/mol. The van der Waals surface area contributed by atoms with Crippen molar-refractivity contribution >= 4 is 33.2 Å². The predicted octanol–water partition coefficient (Wildman–Crippen LogP) is 3.92. The number of nitrogens with zero attached hydrogens (tertiary/aromatic N) is 1. The number of fused-ring (bicyclic) bond motifs is 1. The van der Waals surface area contributed by atoms with Crippen LogP contribution in [-0.2, 0) is 11.2 Å². The summed E-state index contributed by atoms with van der Waals surface area (Å²) < 4.78 is 17.2. The molecule has 4 rings (SSSR count). The van der Waals surface area contributed by atoms with Crippen LogP contribution >= 0.6 is 11.8 Å². The van der Waals surface area contributed by atoms with E-state index in [0.29, 0.717) is 24.2 Å². The second-order valence-electron chi connectivity index (χ2n) is 6.27. The smallest absolute Gasteiger partial charge is 0.397 e. The third kappa shape index (κ3) is 4.12. The van der Waals surface area contributed by atoms with Crippen molar-refractivity contribution in [2.45, 2.75) is 32.1 Å². The zero-order valence-corrected chi connectivity index (χ0v) is 15.9. The fourth-order valence-corrected chi connectivity index (χ4v) is 3.49. The average Bonchev–Trinajstić information content (AvgIpc) is 3.24. The zero-order chi connectivity index (χ0) is 19.5. The second-order valence-corrected chi connectivity index (χ2v) is 7.25. The lowest BCUT2D eigenvalue weighted by atomic mass is 10.1. The van der Waals surface area contributed by atoms with Crippen LogP contribution in [0, 0.1) is 0 Å². The molecule has 0 spiro atoms. The number of rotatable bonds is 7. The van der Waals surface area contributed by atoms with Gasteiger partial charge in [0, 0.05) is 24.6 Å². The summed E-state index contributed by atoms with van der Waals surface area (Å²) in [4.78, 5) is 27.2. The number of carbonyl (C=O) groups is 2. The van der Waals surface area contributed by atoms with Gasteiger partial charge in [-0.15, -0.1) is 0 Å². The van der Waals surface area contributed by atoms with Crippen molar-refractivity contribution in [3.05, 3.63) is 54.1 Å². The molecule has 7 nitrogen and oxygen atoms in total. The standard InChI is InChI=1S/C20H18N2O5S/c1-2-17(27-20-22-14-5-3-4-6-16(14)26-20)25-13-9-7-12(8-10-13)11-15-18(23)28-19(24)21-15/h3-10,15,17H,2,11H2,1H3,(H,21,24). The number of nitrogens with one attached hydrogen (secondary N) is 1. The largest absolute Gasteiger partial charge is 0.455 e. The number of hydrogen-bond acceptors (Lipinski definition) is 7. The first-order chi connectivity index (χ1) is 13.6. The van der Waals surface area contributed by atoms with Crippen LogP contribution in [0.2, 0.25) is 0 Å². The highest BCUT2D eigenvalue weighted by molar-refractivity contribution is 8.26. The van der Waals surface area contributed by atoms with Crippen LogP contribution in [0.3, 0.4) is 0 Å². The van der Waals surface area contributed by atoms with Gasteiger partial charge in [-0.05, 0) is 29.8 Å². The first-order valence-electron chi connectivity index (χ1n) is 8.90. The van der Waals surface area contributed by atoms with Gasteiger partial charge in [-0.3, -0.25) is 9.59 Å². The average molecular weight is 398 g/mol. The maximum atomic E-state index is 11.7. The number of amides is 1. The first-order valence-corrected chi connectivity index (χ1v) is 9.72. The molecule has 0 bridgehead atoms. The van der Waals surface area contributed by atoms with E-state index in [0.717, 1.165) is 22.8 Å². The molecule has 2 aromatic carbocycles. The SMILES string of the molecule is CCC(Oc1ccc(CC2NC(=O)SC2=O)cc1)Oc1nc2ccccc2o1. The first kappa shape index (κ1) is 18.4. The van der Waals surface area contributed by atoms with Crippen molar-refractivity contribution in [1.82, 2.24) is 10.3 Å². The molecule has 1 fully saturated rings. The van der Waals surface area contributed by atoms with Gasteiger partial charge in [-0.25, -0.2) is 0 Å². The Morgan fingerprint density at radius 3 is 2.61 bits per heavy atom. The minimum Gasteiger partial charge on any atom is -0.455 e. The van der Waals surface area contributed by atoms with Gasteiger partial charge in [0.1, 0.15) is 17.3 Å². The van der Waals surface area contributed by atoms with Gasteiger partial charge < -0.3 is 19.2 Å². The Labute approximate surface area is 165 Å². The quantitative estimate of drug-likeness (QED) is 0.603. The summed E-state index contributed by atoms with van der Waals surface area (Å²) in [6, 6.07) is 14.3. The Morgan fingerprint density at radius 2 is 1.93 bits per heavy atom. The maximum Gasteiger partial charge on any atom is 0.397 e. The van der Waals surface area contributed by atoms with E-state index >= 15 is 0 Å². The molecule has 2 unspecified atom stereocenters. The summed E-state index contributed by atoms with van der Waals surface area (Å²) in [6.45, 7) is 1.94. The topological polar surface area (TPSA) is 90.7 Å². The van der Waals surface area contributed by atoms with E-state index in [1.807, 2.05) is 55.5 Å². The Hall–Kier alpha value is -3.00. The molecule has 0 saturated carbocycles. The normalized spacial score (nSPS) is 17.5. The molecule has 2 heterocycles. The summed E-state index contributed by atoms with van der Waals surface area (Å²) in [5, 5.41) is 2.21. The molecule has 1 saturated heterocycles. The van der Waals surface area contributed by atoms with E-state index in [4.69, 9.17) is 13.9 Å². The van der Waals surface area contributed by atoms with Crippen LogP contribution in [-0.4, -0.2) is 27.7 Å². The fourth-order valence-electron chi connectivity index (χ4n) is 2.82. The zero-order valence-electron chi connectivity index (χ0n) is 15.1. The molecule has 1 N–H and O–H groups in total. The number of oxazole rings is 1. The molecule has 28 heavy (non-hydrogen) atoms. The van der Waals surface area contributed by atoms with E-state index in [-0.39, 0.29) is 16.4 Å². The minimum absolute atomic E-state index is 0.150. The molecular formula is C20H18N2O5S. The van der Waals surface area contributed by atoms with Crippen LogP contribution < -0.4 is 14.8 Å². The van der Waals surface area contributed by atoms with Crippen molar-refractivity contribution in [3.8, 4) is 11.8 Å². The molecule has 1 aliphatic rings. The number of aromatic nitrogens is 1. The minimum atomic E-state index is -0.550. The number of ether oxygens (including phenoxy) is 2. The van der Waals surface area contributed by atoms with E-state index in [1.165, 1.54) is 0 Å². The van der Waals surface area contributed by atoms with Crippen molar-refractivity contribution in [2.24, 2.45) is 0 Å². The molecule has 8 heteroatoms. The van der Waals surface area contributed by atoms with Crippen molar-refractivity contribution in [3.63, 3.8) is 0 Å². The van der Waals surface area contributed by atoms with Gasteiger partial charge in [0.05, 0.1) is 0 Å². The molecule has 0 radical (unpaired) electrons. The number of carbonyl (C=O) groups excluding carboxylic acids is 2. The van der Waals surface area contributed by atoms with Gasteiger partial charge in [-0.1, -0.05) is 31.2 Å². The molecule has 1 aromatic heterocycles. The predicted molar refractivity (Wildman–Crippen MR) is 104 cm³/mol. The van der Waals surface area contributed by atoms with E-state index in [1.54, 1.807) is 0 Å². The lowest BCUT2D eigenvalue weighted by molar-refractivity contribution is -0.112. The third-order valence-electron chi connectivity index (χ3n) is 4.24. The van der Waals surface area contributed by atoms with Crippen molar-refractivity contribution < 1.29 is 23.5 Å². The van der Waals surface area contributed by atoms with Gasteiger partial charge in [0.25, 0.3) is 5.24 Å². The van der Waals surface area contributed by atoms with Gasteiger partial charge in [-0.2, -0.15) is 4.98 Å². The fraction of sp³-hybridized carbons (Fsp3) is 0.250. The Morgan fingerprint density at radius 1 is 1.14 bits per heavy atom. The number of thioether (sulfide) groups is 1. The van der Waals surface area contributed by atoms with E-state index in [2.05, 4.69) is 10.3 Å². The highest BCUT2D eigenvalue weighted by Gasteiger charge is 2.31. The van der Waals surface area contributed by atoms with E-state index < -0.39 is 12.3 Å². The van der Waals surface area contributed by atoms with Crippen LogP contribution in [0.5, 0.6) is 11.8 Å². The maximum absolute atomic E-state index is 11.7. The van der Waals surface area contributed by atoms with Crippen molar-refractivity contribution in [1.29, 1.82) is 0 Å². The summed E-state index contributed by atoms with van der Waals surface area (Å²) in [7, 11) is 0. The highest BCUT2D eigenvalue weighted by Crippen LogP contribution is 2.24. The summed E-state index contributed by atoms with van der Waals surface area (Å²) in [5.41, 5.74) is 2.31. The lowest BCUT2D eigenvalue weighted by Gasteiger charge is -2.17. The van der Waals surface area contributed by atoms with Gasteiger partial charge in [0.2, 0.25) is 11.4 Å². The van der Waals surface area contributed by atoms with Crippen LogP contribution in [0.15, 0.2) is 52.9 Å². The number of benzene rings is 2. The number of para-hydroxylation sites is 2. The molecular weight excluding hydrogens is 380 g/mol. The van der Waals surface area contributed by atoms with Gasteiger partial charge >= 0.3 is 6.08 Å². The Bertz CT molecular complexity index is 968. The van der Waals surface area contributed by atoms with Crippen LogP contribution in [0.25, 0.3) is 11.1 Å².